The van der Waals surface area contributed by atoms with E-state index in [9.17, 15) is 9.59 Å². The van der Waals surface area contributed by atoms with E-state index in [1.807, 2.05) is 18.7 Å². The third-order valence-electron chi connectivity index (χ3n) is 3.80. The average molecular weight is 293 g/mol. The number of anilines is 1. The van der Waals surface area contributed by atoms with Crippen LogP contribution >= 0.6 is 0 Å². The molecule has 0 aliphatic carbocycles. The fraction of sp³-hybridized carbons (Fsp3) is 0.615. The molecule has 1 aliphatic rings. The van der Waals surface area contributed by atoms with E-state index in [0.717, 1.165) is 4.57 Å². The minimum atomic E-state index is -0.380. The van der Waals surface area contributed by atoms with Gasteiger partial charge in [0.1, 0.15) is 0 Å². The average Bonchev–Trinajstić information content (AvgIpc) is 2.87. The summed E-state index contributed by atoms with van der Waals surface area (Å²) in [6.45, 7) is 5.39. The molecule has 3 rings (SSSR count). The minimum Gasteiger partial charge on any atom is -0.372 e. The Morgan fingerprint density at radius 2 is 1.76 bits per heavy atom. The zero-order valence-corrected chi connectivity index (χ0v) is 12.6. The first kappa shape index (κ1) is 13.9. The molecule has 114 valence electrons. The van der Waals surface area contributed by atoms with Crippen LogP contribution in [-0.4, -0.2) is 44.4 Å². The number of fused-ring (bicyclic) bond motifs is 1. The molecule has 0 saturated carbocycles. The van der Waals surface area contributed by atoms with E-state index in [0.29, 0.717) is 30.2 Å². The number of imidazole rings is 1. The van der Waals surface area contributed by atoms with Crippen molar-refractivity contribution >= 4 is 17.1 Å². The molecule has 1 aliphatic heterocycles. The third kappa shape index (κ3) is 2.15. The van der Waals surface area contributed by atoms with Crippen LogP contribution in [0.4, 0.5) is 5.95 Å². The molecule has 0 radical (unpaired) electrons. The van der Waals surface area contributed by atoms with Crippen LogP contribution in [0, 0.1) is 0 Å². The lowest BCUT2D eigenvalue weighted by atomic mass is 10.2. The number of aromatic amines is 1. The van der Waals surface area contributed by atoms with Crippen molar-refractivity contribution in [2.45, 2.75) is 26.1 Å². The van der Waals surface area contributed by atoms with E-state index in [-0.39, 0.29) is 23.5 Å². The summed E-state index contributed by atoms with van der Waals surface area (Å²) in [5, 5.41) is 0. The molecule has 0 amide bonds. The lowest BCUT2D eigenvalue weighted by Gasteiger charge is -2.35. The van der Waals surface area contributed by atoms with Gasteiger partial charge in [0.15, 0.2) is 11.2 Å². The summed E-state index contributed by atoms with van der Waals surface area (Å²) >= 11 is 0. The molecule has 1 saturated heterocycles. The van der Waals surface area contributed by atoms with Crippen LogP contribution in [-0.2, 0) is 18.8 Å². The Kier molecular flexibility index (Phi) is 3.12. The third-order valence-corrected chi connectivity index (χ3v) is 3.80. The number of morpholine rings is 1. The van der Waals surface area contributed by atoms with Crippen LogP contribution in [0.2, 0.25) is 0 Å². The van der Waals surface area contributed by atoms with Gasteiger partial charge in [-0.15, -0.1) is 0 Å². The van der Waals surface area contributed by atoms with Crippen molar-refractivity contribution in [3.63, 3.8) is 0 Å². The monoisotopic (exact) mass is 293 g/mol. The van der Waals surface area contributed by atoms with Crippen molar-refractivity contribution in [3.8, 4) is 0 Å². The van der Waals surface area contributed by atoms with Gasteiger partial charge in [0.05, 0.1) is 12.2 Å². The number of aryl methyl sites for hydroxylation is 1. The van der Waals surface area contributed by atoms with Gasteiger partial charge in [0, 0.05) is 27.2 Å². The van der Waals surface area contributed by atoms with Crippen LogP contribution in [0.5, 0.6) is 0 Å². The Morgan fingerprint density at radius 1 is 1.14 bits per heavy atom. The molecule has 1 fully saturated rings. The summed E-state index contributed by atoms with van der Waals surface area (Å²) in [5.74, 6) is 0.602. The van der Waals surface area contributed by atoms with Crippen molar-refractivity contribution in [3.05, 3.63) is 20.8 Å². The van der Waals surface area contributed by atoms with E-state index < -0.39 is 0 Å². The maximum absolute atomic E-state index is 12.2. The number of H-pyrrole nitrogens is 1. The number of ether oxygens (including phenoxy) is 1. The zero-order chi connectivity index (χ0) is 15.3. The summed E-state index contributed by atoms with van der Waals surface area (Å²) in [4.78, 5) is 33.6. The molecule has 2 aromatic heterocycles. The summed E-state index contributed by atoms with van der Waals surface area (Å²) < 4.78 is 8.15. The number of nitrogens with one attached hydrogen (secondary N) is 1. The number of hydrogen-bond acceptors (Lipinski definition) is 5. The van der Waals surface area contributed by atoms with Crippen molar-refractivity contribution in [1.29, 1.82) is 0 Å². The van der Waals surface area contributed by atoms with Crippen molar-refractivity contribution in [1.82, 2.24) is 19.1 Å². The first-order valence-electron chi connectivity index (χ1n) is 6.94. The van der Waals surface area contributed by atoms with Gasteiger partial charge >= 0.3 is 5.69 Å². The normalized spacial score (nSPS) is 23.0. The van der Waals surface area contributed by atoms with Crippen molar-refractivity contribution in [2.24, 2.45) is 14.1 Å². The maximum Gasteiger partial charge on any atom is 0.332 e. The second kappa shape index (κ2) is 4.73. The molecule has 2 atom stereocenters. The quantitative estimate of drug-likeness (QED) is 0.771. The Balaban J connectivity index is 2.14. The van der Waals surface area contributed by atoms with Gasteiger partial charge in [-0.05, 0) is 13.8 Å². The van der Waals surface area contributed by atoms with Crippen LogP contribution in [0.15, 0.2) is 9.59 Å². The molecular weight excluding hydrogens is 274 g/mol. The smallest absolute Gasteiger partial charge is 0.332 e. The Morgan fingerprint density at radius 3 is 2.38 bits per heavy atom. The lowest BCUT2D eigenvalue weighted by Crippen LogP contribution is -2.46. The second-order valence-electron chi connectivity index (χ2n) is 5.63. The molecule has 0 spiro atoms. The molecule has 2 unspecified atom stereocenters. The molecule has 8 nitrogen and oxygen atoms in total. The topological polar surface area (TPSA) is 85.2 Å². The first-order valence-corrected chi connectivity index (χ1v) is 6.94. The molecule has 21 heavy (non-hydrogen) atoms. The van der Waals surface area contributed by atoms with Gasteiger partial charge < -0.3 is 14.6 Å². The number of rotatable bonds is 1. The summed E-state index contributed by atoms with van der Waals surface area (Å²) in [6.07, 6.45) is 0.183. The SMILES string of the molecule is CC1CN(c2nc3c([nH]2)c(=O)n(C)c(=O)n3C)CC(C)O1. The summed E-state index contributed by atoms with van der Waals surface area (Å²) in [5.41, 5.74) is -0.0123. The molecule has 0 bridgehead atoms. The molecular formula is C13H19N5O3. The van der Waals surface area contributed by atoms with Gasteiger partial charge in [-0.2, -0.15) is 4.98 Å². The lowest BCUT2D eigenvalue weighted by molar-refractivity contribution is -0.00566. The van der Waals surface area contributed by atoms with Gasteiger partial charge in [-0.3, -0.25) is 13.9 Å². The zero-order valence-electron chi connectivity index (χ0n) is 12.6. The van der Waals surface area contributed by atoms with Crippen LogP contribution in [0.3, 0.4) is 0 Å². The Hall–Kier alpha value is -2.09. The fourth-order valence-electron chi connectivity index (χ4n) is 2.81. The molecule has 1 N–H and O–H groups in total. The summed E-state index contributed by atoms with van der Waals surface area (Å²) in [7, 11) is 3.07. The standard InChI is InChI=1S/C13H19N5O3/c1-7-5-18(6-8(2)21-7)12-14-9-10(15-12)16(3)13(20)17(4)11(9)19/h7-8H,5-6H2,1-4H3,(H,14,15). The highest BCUT2D eigenvalue weighted by Crippen LogP contribution is 2.19. The van der Waals surface area contributed by atoms with Gasteiger partial charge in [0.25, 0.3) is 5.56 Å². The predicted octanol–water partition coefficient (Wildman–Crippen LogP) is -0.426. The maximum atomic E-state index is 12.2. The van der Waals surface area contributed by atoms with Crippen LogP contribution < -0.4 is 16.1 Å². The van der Waals surface area contributed by atoms with Crippen LogP contribution in [0.1, 0.15) is 13.8 Å². The highest BCUT2D eigenvalue weighted by Gasteiger charge is 2.25. The molecule has 2 aromatic rings. The molecule has 0 aromatic carbocycles. The Labute approximate surface area is 121 Å². The van der Waals surface area contributed by atoms with Crippen LogP contribution in [0.25, 0.3) is 11.2 Å². The van der Waals surface area contributed by atoms with E-state index in [1.54, 1.807) is 7.05 Å². The van der Waals surface area contributed by atoms with E-state index >= 15 is 0 Å². The number of aromatic nitrogens is 4. The van der Waals surface area contributed by atoms with Crippen molar-refractivity contribution < 1.29 is 4.74 Å². The summed E-state index contributed by atoms with van der Waals surface area (Å²) in [6, 6.07) is 0. The number of nitrogens with zero attached hydrogens (tertiary/aromatic N) is 4. The van der Waals surface area contributed by atoms with Gasteiger partial charge in [0.2, 0.25) is 5.95 Å². The van der Waals surface area contributed by atoms with Gasteiger partial charge in [-0.1, -0.05) is 0 Å². The molecule has 3 heterocycles. The highest BCUT2D eigenvalue weighted by molar-refractivity contribution is 5.73. The Bertz CT molecular complexity index is 792. The highest BCUT2D eigenvalue weighted by atomic mass is 16.5. The predicted molar refractivity (Wildman–Crippen MR) is 78.8 cm³/mol. The minimum absolute atomic E-state index is 0.0913. The van der Waals surface area contributed by atoms with Gasteiger partial charge in [-0.25, -0.2) is 4.79 Å². The first-order chi connectivity index (χ1) is 9.88. The largest absolute Gasteiger partial charge is 0.372 e. The van der Waals surface area contributed by atoms with E-state index in [1.165, 1.54) is 11.6 Å². The van der Waals surface area contributed by atoms with E-state index in [4.69, 9.17) is 4.74 Å². The van der Waals surface area contributed by atoms with Crippen molar-refractivity contribution in [2.75, 3.05) is 18.0 Å². The second-order valence-corrected chi connectivity index (χ2v) is 5.63. The molecule has 8 heteroatoms. The number of hydrogen-bond donors (Lipinski definition) is 1. The van der Waals surface area contributed by atoms with E-state index in [2.05, 4.69) is 9.97 Å². The fourth-order valence-corrected chi connectivity index (χ4v) is 2.81.